The normalized spacial score (nSPS) is 18.5. The predicted molar refractivity (Wildman–Crippen MR) is 497 cm³/mol. The zero-order valence-corrected chi connectivity index (χ0v) is 83.2. The molecule has 0 radical (unpaired) electrons. The molecule has 4 atom stereocenters. The number of carbonyl (C=O) groups is 6. The maximum absolute atomic E-state index is 14.8. The molecule has 0 saturated carbocycles. The fraction of sp³-hybridized carbons (Fsp3) is 0.379. The van der Waals surface area contributed by atoms with Gasteiger partial charge >= 0.3 is 6.09 Å². The average Bonchev–Trinajstić information content (AvgIpc) is 0.813. The van der Waals surface area contributed by atoms with Gasteiger partial charge in [0.2, 0.25) is 56.0 Å². The van der Waals surface area contributed by atoms with Gasteiger partial charge < -0.3 is 38.2 Å². The van der Waals surface area contributed by atoms with Gasteiger partial charge in [0.15, 0.2) is 69.5 Å². The molecule has 8 aromatic carbocycles. The number of likely N-dealkylation sites (tertiary alicyclic amines) is 2. The van der Waals surface area contributed by atoms with Gasteiger partial charge in [-0.2, -0.15) is 21.5 Å². The van der Waals surface area contributed by atoms with Gasteiger partial charge in [0.1, 0.15) is 53.8 Å². The van der Waals surface area contributed by atoms with E-state index in [1.807, 2.05) is 4.90 Å². The van der Waals surface area contributed by atoms with E-state index in [-0.39, 0.29) is 94.4 Å². The third-order valence-corrected chi connectivity index (χ3v) is 32.9. The van der Waals surface area contributed by atoms with Crippen LogP contribution in [0.15, 0.2) is 165 Å². The lowest BCUT2D eigenvalue weighted by Gasteiger charge is -2.40. The maximum atomic E-state index is 14.8. The molecule has 14 rings (SSSR count). The summed E-state index contributed by atoms with van der Waals surface area (Å²) in [7, 11) is -20.8. The van der Waals surface area contributed by atoms with Crippen LogP contribution in [0.5, 0.6) is 46.0 Å². The van der Waals surface area contributed by atoms with Gasteiger partial charge in [0.25, 0.3) is 23.6 Å². The number of benzene rings is 8. The van der Waals surface area contributed by atoms with Crippen molar-refractivity contribution in [1.29, 1.82) is 0 Å². The van der Waals surface area contributed by atoms with Crippen LogP contribution in [0.25, 0.3) is 0 Å². The monoisotopic (exact) mass is 2200 g/mol. The maximum Gasteiger partial charge on any atom is 0.409 e. The first-order chi connectivity index (χ1) is 68.2. The number of amides is 6. The molecule has 8 N–H and O–H groups in total. The molecule has 0 aromatic heterocycles. The van der Waals surface area contributed by atoms with Crippen molar-refractivity contribution in [1.82, 2.24) is 67.9 Å². The zero-order valence-electron chi connectivity index (χ0n) is 76.1. The summed E-state index contributed by atoms with van der Waals surface area (Å²) in [5.74, 6) is -18.0. The number of piperidine rings is 2. The summed E-state index contributed by atoms with van der Waals surface area (Å²) in [6.07, 6.45) is 6.49. The van der Waals surface area contributed by atoms with Crippen LogP contribution < -0.4 is 40.9 Å². The van der Waals surface area contributed by atoms with Gasteiger partial charge in [-0.25, -0.2) is 104 Å². The Balaban J connectivity index is 0.000000184. The molecule has 0 unspecified atom stereocenters. The number of rotatable bonds is 29. The van der Waals surface area contributed by atoms with E-state index in [4.69, 9.17) is 85.2 Å². The number of hydrogen-bond donors (Lipinski definition) is 8. The number of sulfonamides is 5. The van der Waals surface area contributed by atoms with E-state index in [9.17, 15) is 116 Å². The second kappa shape index (κ2) is 50.7. The Morgan fingerprint density at radius 1 is 0.340 bits per heavy atom. The van der Waals surface area contributed by atoms with Gasteiger partial charge in [-0.05, 0) is 197 Å². The van der Waals surface area contributed by atoms with E-state index in [1.54, 1.807) is 4.90 Å². The second-order valence-corrected chi connectivity index (χ2v) is 43.9. The van der Waals surface area contributed by atoms with Crippen molar-refractivity contribution >= 4 is 132 Å². The zero-order chi connectivity index (χ0) is 105. The fourth-order valence-corrected chi connectivity index (χ4v) is 23.3. The van der Waals surface area contributed by atoms with Gasteiger partial charge in [-0.15, -0.1) is 0 Å². The molecule has 6 heterocycles. The third-order valence-electron chi connectivity index (χ3n) is 23.1. The van der Waals surface area contributed by atoms with Crippen molar-refractivity contribution in [2.24, 2.45) is 0 Å². The number of carbonyl (C=O) groups excluding carboxylic acids is 6. The number of halogens is 12. The molecule has 40 nitrogen and oxygen atoms in total. The number of nitrogens with one attached hydrogen (secondary N) is 4. The molecule has 784 valence electrons. The number of hydroxylamine groups is 4. The first kappa shape index (κ1) is 114. The first-order valence-corrected chi connectivity index (χ1v) is 52.7. The van der Waals surface area contributed by atoms with Crippen molar-refractivity contribution in [2.75, 3.05) is 151 Å². The summed E-state index contributed by atoms with van der Waals surface area (Å²) in [5.41, 5.74) is 5.54. The highest BCUT2D eigenvalue weighted by Crippen LogP contribution is 2.40. The molecular formula is C87H96Cl4F8N14O26S5. The molecule has 144 heavy (non-hydrogen) atoms. The Morgan fingerprint density at radius 2 is 0.611 bits per heavy atom. The van der Waals surface area contributed by atoms with E-state index in [0.717, 1.165) is 82.4 Å². The highest BCUT2D eigenvalue weighted by Gasteiger charge is 2.48. The smallest absolute Gasteiger partial charge is 0.409 e. The highest BCUT2D eigenvalue weighted by atomic mass is 35.5. The van der Waals surface area contributed by atoms with Crippen LogP contribution in [0.1, 0.15) is 38.5 Å². The molecule has 6 amide bonds. The van der Waals surface area contributed by atoms with Crippen molar-refractivity contribution in [2.45, 2.75) is 82.3 Å². The lowest BCUT2D eigenvalue weighted by Crippen LogP contribution is -2.62. The number of piperazine rings is 4. The Hall–Kier alpha value is -10.6. The van der Waals surface area contributed by atoms with Crippen molar-refractivity contribution in [3.05, 3.63) is 212 Å². The van der Waals surface area contributed by atoms with Gasteiger partial charge in [0, 0.05) is 119 Å². The van der Waals surface area contributed by atoms with Crippen LogP contribution in [0, 0.1) is 46.5 Å². The Bertz CT molecular complexity index is 6460. The summed E-state index contributed by atoms with van der Waals surface area (Å²) in [4.78, 5) is 80.0. The molecule has 0 spiro atoms. The summed E-state index contributed by atoms with van der Waals surface area (Å²) in [6.45, 7) is 1.94. The van der Waals surface area contributed by atoms with Crippen molar-refractivity contribution in [3.8, 4) is 46.0 Å². The lowest BCUT2D eigenvalue weighted by molar-refractivity contribution is -0.140. The fourth-order valence-electron chi connectivity index (χ4n) is 15.6. The minimum atomic E-state index is -4.69. The minimum absolute atomic E-state index is 0.0379. The Kier molecular flexibility index (Phi) is 40.0. The molecule has 6 saturated heterocycles. The standard InChI is InChI=1S/C25H29ClF2N4O7S.C24H27ClF2N4O6S.C20H22ClF2N3O6S.C18H18ClF2N3O7S2/c26-17-4-6-18(7-5-17)39-23-20(27)14-19(15-21(23)28)40(36,37)32-11-10-31(16-22(32)24(33)29-35)25(34)38-13-12-30-8-2-1-3-9-30;25-16-4-6-17(7-5-16)37-23-19(26)12-18(13-20(23)27)38(35,36)31-11-10-30(14-21(31)24(33)28-34)22(32)15-29-8-2-1-3-9-29;1-31-9-8-25-6-7-26(18(12-25)20(27)24-28)33(29,30)15-10-16(22)19(17(23)11-15)32-14-4-2-13(21)3-5-14;1-32(27,28)23-6-7-24(16(10-23)18(25)22-26)33(29,30)13-8-14(20)17(15(21)9-13)31-12-4-2-11(19)3-5-12/h4-7,14-15,22,35H,1-3,8-13,16H2,(H,29,33);4-7,12-13,21,34H,1-3,8-11,14-15H2,(H,28,33);2-5,10-11,18,28H,6-9,12H2,1H3,(H,24,27);2-5,8-9,16,26H,6-7,10H2,1H3,(H,22,25)/t22-;21-;18-;16-/m1111/s1. The highest BCUT2D eigenvalue weighted by molar-refractivity contribution is 7.90. The van der Waals surface area contributed by atoms with Crippen LogP contribution in [-0.4, -0.2) is 320 Å². The number of ether oxygens (including phenoxy) is 6. The lowest BCUT2D eigenvalue weighted by atomic mass is 10.1. The molecular weight excluding hydrogens is 2110 g/mol. The van der Waals surface area contributed by atoms with E-state index in [2.05, 4.69) is 4.90 Å². The van der Waals surface area contributed by atoms with Gasteiger partial charge in [0.05, 0.1) is 39.0 Å². The van der Waals surface area contributed by atoms with Crippen LogP contribution >= 0.6 is 46.4 Å². The van der Waals surface area contributed by atoms with Crippen LogP contribution in [0.2, 0.25) is 20.1 Å². The molecule has 6 aliphatic heterocycles. The molecule has 6 aliphatic rings. The summed E-state index contributed by atoms with van der Waals surface area (Å²) in [5, 5.41) is 38.0. The molecule has 57 heteroatoms. The van der Waals surface area contributed by atoms with E-state index >= 15 is 0 Å². The third kappa shape index (κ3) is 29.0. The Labute approximate surface area is 841 Å². The van der Waals surface area contributed by atoms with E-state index in [1.165, 1.54) is 137 Å². The van der Waals surface area contributed by atoms with Crippen LogP contribution in [0.4, 0.5) is 39.9 Å². The number of hydrogen-bond acceptors (Lipinski definition) is 29. The predicted octanol–water partition coefficient (Wildman–Crippen LogP) is 9.60. The topological polar surface area (TPSA) is 490 Å². The average molecular weight is 2210 g/mol. The van der Waals surface area contributed by atoms with Gasteiger partial charge in [-0.1, -0.05) is 59.2 Å². The molecule has 0 aliphatic carbocycles. The SMILES string of the molecule is COCCN1CCN(S(=O)(=O)c2cc(F)c(Oc3ccc(Cl)cc3)c(F)c2)[C@@H](C(=O)NO)C1.CS(=O)(=O)N1CCN(S(=O)(=O)c2cc(F)c(Oc3ccc(Cl)cc3)c(F)c2)[C@@H](C(=O)NO)C1.O=C(NO)[C@H]1CN(C(=O)CN2CCCCC2)CCN1S(=O)(=O)c1cc(F)c(Oc2ccc(Cl)cc2)c(F)c1.O=C(NO)[C@H]1CN(C(=O)OCCN2CCCCC2)CCN1S(=O)(=O)c1cc(F)c(Oc2ccc(Cl)cc2)c(F)c1. The Morgan fingerprint density at radius 3 is 0.917 bits per heavy atom. The summed E-state index contributed by atoms with van der Waals surface area (Å²) >= 11 is 23.1. The first-order valence-electron chi connectivity index (χ1n) is 43.5. The molecule has 0 bridgehead atoms. The molecule has 6 fully saturated rings. The number of methoxy groups -OCH3 is 1. The molecule has 8 aromatic rings. The van der Waals surface area contributed by atoms with Crippen LogP contribution in [0.3, 0.4) is 0 Å². The quantitative estimate of drug-likeness (QED) is 0.0123. The van der Waals surface area contributed by atoms with Crippen molar-refractivity contribution in [3.63, 3.8) is 0 Å². The van der Waals surface area contributed by atoms with Crippen LogP contribution in [-0.2, 0) is 83.6 Å². The summed E-state index contributed by atoms with van der Waals surface area (Å²) in [6, 6.07) is 21.1. The van der Waals surface area contributed by atoms with Crippen molar-refractivity contribution < 1.29 is 155 Å². The minimum Gasteiger partial charge on any atom is -0.451 e. The summed E-state index contributed by atoms with van der Waals surface area (Å²) < 4.78 is 282. The number of nitrogens with zero attached hydrogens (tertiary/aromatic N) is 10. The largest absolute Gasteiger partial charge is 0.451 e. The second-order valence-electron chi connectivity index (χ2n) is 32.6. The van der Waals surface area contributed by atoms with E-state index in [0.29, 0.717) is 96.9 Å². The van der Waals surface area contributed by atoms with Gasteiger partial charge in [-0.3, -0.25) is 59.5 Å². The van der Waals surface area contributed by atoms with E-state index < -0.39 is 219 Å².